The third-order valence-electron chi connectivity index (χ3n) is 3.99. The largest absolute Gasteiger partial charge is 0.373 e. The zero-order chi connectivity index (χ0) is 6.46. The molecule has 0 aromatic carbocycles. The Kier molecular flexibility index (Phi) is 0.441. The predicted octanol–water partition coefficient (Wildman–Crippen LogP) is 0.219. The Bertz CT molecular complexity index is 246. The van der Waals surface area contributed by atoms with Crippen molar-refractivity contribution in [3.05, 3.63) is 0 Å². The first-order chi connectivity index (χ1) is 4.88. The fourth-order valence-electron chi connectivity index (χ4n) is 3.73. The Labute approximate surface area is 58.5 Å². The number of hydrogen-bond acceptors (Lipinski definition) is 2. The number of rotatable bonds is 0. The summed E-state index contributed by atoms with van der Waals surface area (Å²) in [5, 5.41) is 0. The summed E-state index contributed by atoms with van der Waals surface area (Å²) in [6.45, 7) is 0. The fraction of sp³-hybridized carbons (Fsp3) is 0.875. The summed E-state index contributed by atoms with van der Waals surface area (Å²) in [7, 11) is 0. The van der Waals surface area contributed by atoms with Gasteiger partial charge in [-0.05, 0) is 12.3 Å². The van der Waals surface area contributed by atoms with Gasteiger partial charge in [-0.25, -0.2) is 0 Å². The molecule has 1 aliphatic heterocycles. The van der Waals surface area contributed by atoms with E-state index in [0.29, 0.717) is 41.7 Å². The highest BCUT2D eigenvalue weighted by Gasteiger charge is 2.77. The smallest absolute Gasteiger partial charge is 0.142 e. The molecule has 52 valence electrons. The highest BCUT2D eigenvalue weighted by Crippen LogP contribution is 2.69. The minimum atomic E-state index is 0.361. The molecule has 1 heterocycles. The van der Waals surface area contributed by atoms with E-state index in [0.717, 1.165) is 6.42 Å². The van der Waals surface area contributed by atoms with Gasteiger partial charge in [-0.2, -0.15) is 0 Å². The van der Waals surface area contributed by atoms with Crippen molar-refractivity contribution in [1.82, 2.24) is 0 Å². The topological polar surface area (TPSA) is 26.3 Å². The Morgan fingerprint density at radius 2 is 2.30 bits per heavy atom. The van der Waals surface area contributed by atoms with Crippen LogP contribution in [0.4, 0.5) is 0 Å². The summed E-state index contributed by atoms with van der Waals surface area (Å²) in [5.41, 5.74) is 0. The molecule has 4 aliphatic carbocycles. The van der Waals surface area contributed by atoms with E-state index < -0.39 is 0 Å². The number of ketones is 1. The van der Waals surface area contributed by atoms with E-state index in [1.165, 1.54) is 0 Å². The van der Waals surface area contributed by atoms with Crippen molar-refractivity contribution in [3.63, 3.8) is 0 Å². The second kappa shape index (κ2) is 0.981. The summed E-state index contributed by atoms with van der Waals surface area (Å²) in [4.78, 5) is 11.4. The van der Waals surface area contributed by atoms with Crippen LogP contribution in [0.2, 0.25) is 0 Å². The van der Waals surface area contributed by atoms with E-state index in [9.17, 15) is 4.79 Å². The molecule has 0 radical (unpaired) electrons. The van der Waals surface area contributed by atoms with E-state index in [-0.39, 0.29) is 0 Å². The molecule has 6 bridgehead atoms. The third-order valence-corrected chi connectivity index (χ3v) is 3.99. The first kappa shape index (κ1) is 4.50. The van der Waals surface area contributed by atoms with Gasteiger partial charge >= 0.3 is 0 Å². The molecule has 5 rings (SSSR count). The zero-order valence-corrected chi connectivity index (χ0v) is 5.49. The van der Waals surface area contributed by atoms with E-state index in [1.807, 2.05) is 0 Å². The van der Waals surface area contributed by atoms with Gasteiger partial charge in [-0.3, -0.25) is 4.79 Å². The first-order valence-corrected chi connectivity index (χ1v) is 4.07. The molecule has 0 aromatic rings. The SMILES string of the molecule is O=C1[C@@H]2[C@@H]3C[C@H]1[C@H]1[C@@H]3O[C@@H]21. The molecule has 5 fully saturated rings. The molecule has 5 aliphatic rings. The molecule has 2 nitrogen and oxygen atoms in total. The molecule has 0 aromatic heterocycles. The molecular weight excluding hydrogens is 128 g/mol. The van der Waals surface area contributed by atoms with Crippen LogP contribution in [0, 0.1) is 23.7 Å². The van der Waals surface area contributed by atoms with Gasteiger partial charge in [-0.15, -0.1) is 0 Å². The van der Waals surface area contributed by atoms with Gasteiger partial charge in [0.05, 0.1) is 12.2 Å². The fourth-order valence-corrected chi connectivity index (χ4v) is 3.73. The van der Waals surface area contributed by atoms with E-state index in [4.69, 9.17) is 4.74 Å². The van der Waals surface area contributed by atoms with Crippen LogP contribution in [0.1, 0.15) is 6.42 Å². The van der Waals surface area contributed by atoms with Crippen LogP contribution in [-0.4, -0.2) is 18.0 Å². The molecule has 0 unspecified atom stereocenters. The monoisotopic (exact) mass is 136 g/mol. The van der Waals surface area contributed by atoms with Crippen LogP contribution < -0.4 is 0 Å². The maximum absolute atomic E-state index is 11.4. The number of Topliss-reactive ketones (excluding diaryl/α,β-unsaturated/α-hetero) is 1. The highest BCUT2D eigenvalue weighted by atomic mass is 16.5. The molecule has 4 saturated carbocycles. The van der Waals surface area contributed by atoms with E-state index in [1.54, 1.807) is 0 Å². The van der Waals surface area contributed by atoms with Crippen LogP contribution in [0.5, 0.6) is 0 Å². The maximum atomic E-state index is 11.4. The Morgan fingerprint density at radius 1 is 1.40 bits per heavy atom. The van der Waals surface area contributed by atoms with Gasteiger partial charge in [-0.1, -0.05) is 0 Å². The van der Waals surface area contributed by atoms with Crippen molar-refractivity contribution < 1.29 is 9.53 Å². The van der Waals surface area contributed by atoms with Gasteiger partial charge in [0, 0.05) is 17.8 Å². The molecule has 1 saturated heterocycles. The van der Waals surface area contributed by atoms with Crippen molar-refractivity contribution in [3.8, 4) is 0 Å². The number of carbonyl (C=O) groups excluding carboxylic acids is 1. The van der Waals surface area contributed by atoms with E-state index >= 15 is 0 Å². The Morgan fingerprint density at radius 3 is 2.80 bits per heavy atom. The van der Waals surface area contributed by atoms with Gasteiger partial charge in [0.25, 0.3) is 0 Å². The normalized spacial score (nSPS) is 73.4. The zero-order valence-electron chi connectivity index (χ0n) is 5.49. The number of ether oxygens (including phenoxy) is 1. The highest BCUT2D eigenvalue weighted by molar-refractivity contribution is 5.92. The lowest BCUT2D eigenvalue weighted by atomic mass is 9.93. The number of hydrogen-bond donors (Lipinski definition) is 0. The van der Waals surface area contributed by atoms with Crippen molar-refractivity contribution in [2.75, 3.05) is 0 Å². The van der Waals surface area contributed by atoms with Gasteiger partial charge in [0.15, 0.2) is 0 Å². The minimum Gasteiger partial charge on any atom is -0.373 e. The predicted molar refractivity (Wildman–Crippen MR) is 32.2 cm³/mol. The Balaban J connectivity index is 2.05. The van der Waals surface area contributed by atoms with Crippen LogP contribution >= 0.6 is 0 Å². The summed E-state index contributed by atoms with van der Waals surface area (Å²) in [5.74, 6) is 2.68. The second-order valence-electron chi connectivity index (χ2n) is 4.08. The minimum absolute atomic E-state index is 0.361. The van der Waals surface area contributed by atoms with Crippen LogP contribution in [0.15, 0.2) is 0 Å². The van der Waals surface area contributed by atoms with Crippen LogP contribution in [0.25, 0.3) is 0 Å². The maximum Gasteiger partial charge on any atom is 0.142 e. The molecule has 6 atom stereocenters. The number of carbonyl (C=O) groups is 1. The summed E-state index contributed by atoms with van der Waals surface area (Å²) in [6.07, 6.45) is 2.08. The van der Waals surface area contributed by atoms with Gasteiger partial charge < -0.3 is 4.74 Å². The molecule has 10 heavy (non-hydrogen) atoms. The molecule has 0 amide bonds. The molecule has 2 heteroatoms. The second-order valence-corrected chi connectivity index (χ2v) is 4.08. The average Bonchev–Trinajstić information content (AvgIpc) is 2.47. The first-order valence-electron chi connectivity index (χ1n) is 4.07. The summed E-state index contributed by atoms with van der Waals surface area (Å²) < 4.78 is 5.54. The van der Waals surface area contributed by atoms with Crippen molar-refractivity contribution in [2.24, 2.45) is 23.7 Å². The third kappa shape index (κ3) is 0.214. The average molecular weight is 136 g/mol. The van der Waals surface area contributed by atoms with Crippen molar-refractivity contribution >= 4 is 5.78 Å². The summed E-state index contributed by atoms with van der Waals surface area (Å²) in [6, 6.07) is 0. The molecular formula is C8H8O2. The van der Waals surface area contributed by atoms with Gasteiger partial charge in [0.2, 0.25) is 0 Å². The van der Waals surface area contributed by atoms with Crippen LogP contribution in [-0.2, 0) is 9.53 Å². The molecule has 0 spiro atoms. The Hall–Kier alpha value is -0.370. The van der Waals surface area contributed by atoms with Gasteiger partial charge in [0.1, 0.15) is 5.78 Å². The van der Waals surface area contributed by atoms with Crippen LogP contribution in [0.3, 0.4) is 0 Å². The summed E-state index contributed by atoms with van der Waals surface area (Å²) >= 11 is 0. The lowest BCUT2D eigenvalue weighted by Crippen LogP contribution is -2.39. The quantitative estimate of drug-likeness (QED) is 0.476. The van der Waals surface area contributed by atoms with Crippen molar-refractivity contribution in [2.45, 2.75) is 18.6 Å². The van der Waals surface area contributed by atoms with E-state index in [2.05, 4.69) is 0 Å². The lowest BCUT2D eigenvalue weighted by Gasteiger charge is -2.32. The standard InChI is InChI=1S/C8H8O2/c9-6-2-1-3-4(6)8-5(2)7(3)10-8/h2-5,7-8H,1H2/t2-,3-,4-,5-,7+,8-/m0/s1. The lowest BCUT2D eigenvalue weighted by molar-refractivity contribution is -0.130. The van der Waals surface area contributed by atoms with Crippen molar-refractivity contribution in [1.29, 1.82) is 0 Å². The molecule has 0 N–H and O–H groups in total.